The summed E-state index contributed by atoms with van der Waals surface area (Å²) in [6, 6.07) is 5.22. The quantitative estimate of drug-likeness (QED) is 0.285. The molecule has 12 nitrogen and oxygen atoms in total. The molecule has 0 bridgehead atoms. The number of ether oxygens (including phenoxy) is 2. The Hall–Kier alpha value is -3.54. The number of piperidine rings is 1. The average Bonchev–Trinajstić information content (AvgIpc) is 3.49. The van der Waals surface area contributed by atoms with E-state index in [2.05, 4.69) is 21.1 Å². The maximum atomic E-state index is 12.7. The fraction of sp³-hybridized carbons (Fsp3) is 0.545. The summed E-state index contributed by atoms with van der Waals surface area (Å²) in [4.78, 5) is 47.0. The summed E-state index contributed by atoms with van der Waals surface area (Å²) in [5, 5.41) is 14.6. The van der Waals surface area contributed by atoms with Gasteiger partial charge in [-0.2, -0.15) is 0 Å². The summed E-state index contributed by atoms with van der Waals surface area (Å²) in [5.41, 5.74) is 3.50. The number of aliphatic imine (C=N–C) groups is 1. The highest BCUT2D eigenvalue weighted by molar-refractivity contribution is 5.81. The zero-order chi connectivity index (χ0) is 23.9. The Bertz CT molecular complexity index is 946. The third-order valence-corrected chi connectivity index (χ3v) is 5.84. The van der Waals surface area contributed by atoms with Crippen molar-refractivity contribution in [2.24, 2.45) is 10.9 Å². The molecule has 1 aromatic carbocycles. The number of likely N-dealkylation sites (tertiary alicyclic amines) is 1. The third-order valence-electron chi connectivity index (χ3n) is 5.84. The Labute approximate surface area is 196 Å². The van der Waals surface area contributed by atoms with Crippen molar-refractivity contribution in [1.29, 1.82) is 0 Å². The normalized spacial score (nSPS) is 19.4. The van der Waals surface area contributed by atoms with E-state index in [1.54, 1.807) is 23.1 Å². The molecular weight excluding hydrogens is 446 g/mol. The number of carboxylic acid groups (broad SMARTS) is 1. The molecular formula is C22H29N5O7. The van der Waals surface area contributed by atoms with Crippen LogP contribution in [-0.2, 0) is 25.6 Å². The molecule has 0 aliphatic carbocycles. The molecule has 2 amide bonds. The SMILES string of the molecule is O=C(O)CCc1ccc2c(c1)OC(NC(=O)C1CCN(C(=O)CCONC3=NCCN3)CC1)O2. The molecule has 0 saturated carbocycles. The standard InChI is InChI=1S/C22H29N5O7/c28-18(7-12-32-26-21-23-8-9-24-21)27-10-5-15(6-11-27)20(31)25-22-33-16-3-1-14(2-4-19(29)30)13-17(16)34-22/h1,3,13,15,22H,2,4-12H2,(H,25,31)(H,29,30)(H2,23,24,26). The summed E-state index contributed by atoms with van der Waals surface area (Å²) >= 11 is 0. The Balaban J connectivity index is 1.15. The van der Waals surface area contributed by atoms with Gasteiger partial charge < -0.3 is 24.8 Å². The van der Waals surface area contributed by atoms with Crippen LogP contribution in [0.4, 0.5) is 0 Å². The van der Waals surface area contributed by atoms with Gasteiger partial charge in [0.15, 0.2) is 11.5 Å². The number of hydroxylamine groups is 1. The number of fused-ring (bicyclic) bond motifs is 1. The number of benzene rings is 1. The van der Waals surface area contributed by atoms with Crippen LogP contribution in [0.2, 0.25) is 0 Å². The zero-order valence-corrected chi connectivity index (χ0v) is 18.7. The first-order valence-electron chi connectivity index (χ1n) is 11.4. The van der Waals surface area contributed by atoms with Crippen molar-refractivity contribution in [2.75, 3.05) is 32.8 Å². The van der Waals surface area contributed by atoms with Crippen molar-refractivity contribution in [1.82, 2.24) is 21.0 Å². The fourth-order valence-corrected chi connectivity index (χ4v) is 3.97. The van der Waals surface area contributed by atoms with Crippen LogP contribution in [-0.4, -0.2) is 72.9 Å². The Morgan fingerprint density at radius 1 is 1.18 bits per heavy atom. The minimum absolute atomic E-state index is 0.0152. The van der Waals surface area contributed by atoms with Crippen LogP contribution >= 0.6 is 0 Å². The lowest BCUT2D eigenvalue weighted by atomic mass is 9.96. The predicted molar refractivity (Wildman–Crippen MR) is 119 cm³/mol. The van der Waals surface area contributed by atoms with Crippen molar-refractivity contribution >= 4 is 23.7 Å². The van der Waals surface area contributed by atoms with Gasteiger partial charge in [-0.3, -0.25) is 24.5 Å². The van der Waals surface area contributed by atoms with Crippen LogP contribution in [0.1, 0.15) is 31.2 Å². The van der Waals surface area contributed by atoms with Gasteiger partial charge in [0, 0.05) is 32.0 Å². The molecule has 1 unspecified atom stereocenters. The monoisotopic (exact) mass is 475 g/mol. The van der Waals surface area contributed by atoms with Crippen LogP contribution in [0.3, 0.4) is 0 Å². The van der Waals surface area contributed by atoms with E-state index in [4.69, 9.17) is 19.4 Å². The molecule has 3 aliphatic heterocycles. The molecule has 1 atom stereocenters. The van der Waals surface area contributed by atoms with Crippen LogP contribution in [0.5, 0.6) is 11.5 Å². The first-order chi connectivity index (χ1) is 16.5. The number of aliphatic carboxylic acids is 1. The maximum absolute atomic E-state index is 12.7. The smallest absolute Gasteiger partial charge is 0.327 e. The number of rotatable bonds is 9. The van der Waals surface area contributed by atoms with E-state index in [1.165, 1.54) is 0 Å². The summed E-state index contributed by atoms with van der Waals surface area (Å²) in [5.74, 6) is 0.241. The molecule has 1 fully saturated rings. The Morgan fingerprint density at radius 3 is 2.71 bits per heavy atom. The van der Waals surface area contributed by atoms with Crippen molar-refractivity contribution < 1.29 is 33.8 Å². The molecule has 0 radical (unpaired) electrons. The summed E-state index contributed by atoms with van der Waals surface area (Å²) < 4.78 is 11.3. The molecule has 1 saturated heterocycles. The second-order valence-corrected chi connectivity index (χ2v) is 8.26. The number of hydrogen-bond acceptors (Lipinski definition) is 9. The number of amides is 2. The van der Waals surface area contributed by atoms with E-state index in [9.17, 15) is 14.4 Å². The van der Waals surface area contributed by atoms with Crippen LogP contribution < -0.4 is 25.6 Å². The number of nitrogens with one attached hydrogen (secondary N) is 3. The lowest BCUT2D eigenvalue weighted by Gasteiger charge is -2.31. The summed E-state index contributed by atoms with van der Waals surface area (Å²) in [6.07, 6.45) is 0.828. The lowest BCUT2D eigenvalue weighted by molar-refractivity contribution is -0.139. The predicted octanol–water partition coefficient (Wildman–Crippen LogP) is -0.0161. The number of carbonyl (C=O) groups is 3. The highest BCUT2D eigenvalue weighted by Gasteiger charge is 2.31. The molecule has 4 rings (SSSR count). The van der Waals surface area contributed by atoms with Gasteiger partial charge in [-0.1, -0.05) is 6.07 Å². The van der Waals surface area contributed by atoms with Gasteiger partial charge in [-0.05, 0) is 37.0 Å². The second kappa shape index (κ2) is 11.1. The summed E-state index contributed by atoms with van der Waals surface area (Å²) in [6.45, 7) is 2.70. The number of aryl methyl sites for hydroxylation is 1. The molecule has 34 heavy (non-hydrogen) atoms. The number of nitrogens with zero attached hydrogens (tertiary/aromatic N) is 2. The van der Waals surface area contributed by atoms with Gasteiger partial charge in [0.25, 0.3) is 0 Å². The van der Waals surface area contributed by atoms with Gasteiger partial charge in [-0.25, -0.2) is 10.5 Å². The van der Waals surface area contributed by atoms with Gasteiger partial charge in [0.05, 0.1) is 19.6 Å². The molecule has 0 spiro atoms. The number of guanidine groups is 1. The molecule has 12 heteroatoms. The van der Waals surface area contributed by atoms with E-state index in [0.29, 0.717) is 56.4 Å². The number of hydrogen-bond donors (Lipinski definition) is 4. The maximum Gasteiger partial charge on any atom is 0.327 e. The number of carboxylic acids is 1. The molecule has 4 N–H and O–H groups in total. The molecule has 3 heterocycles. The Kier molecular flexibility index (Phi) is 7.68. The van der Waals surface area contributed by atoms with E-state index in [0.717, 1.165) is 12.1 Å². The van der Waals surface area contributed by atoms with E-state index >= 15 is 0 Å². The highest BCUT2D eigenvalue weighted by atomic mass is 16.7. The first-order valence-corrected chi connectivity index (χ1v) is 11.4. The van der Waals surface area contributed by atoms with E-state index in [-0.39, 0.29) is 37.2 Å². The fourth-order valence-electron chi connectivity index (χ4n) is 3.97. The number of carbonyl (C=O) groups excluding carboxylic acids is 2. The van der Waals surface area contributed by atoms with Crippen molar-refractivity contribution in [3.05, 3.63) is 23.8 Å². The van der Waals surface area contributed by atoms with Crippen molar-refractivity contribution in [2.45, 2.75) is 38.5 Å². The molecule has 1 aromatic rings. The second-order valence-electron chi connectivity index (χ2n) is 8.26. The van der Waals surface area contributed by atoms with Crippen LogP contribution in [0, 0.1) is 5.92 Å². The Morgan fingerprint density at radius 2 is 1.97 bits per heavy atom. The van der Waals surface area contributed by atoms with E-state index in [1.807, 2.05) is 0 Å². The van der Waals surface area contributed by atoms with Gasteiger partial charge in [0.2, 0.25) is 17.8 Å². The van der Waals surface area contributed by atoms with Crippen molar-refractivity contribution in [3.8, 4) is 11.5 Å². The van der Waals surface area contributed by atoms with Crippen LogP contribution in [0.15, 0.2) is 23.2 Å². The largest absolute Gasteiger partial charge is 0.481 e. The van der Waals surface area contributed by atoms with Gasteiger partial charge in [-0.15, -0.1) is 0 Å². The lowest BCUT2D eigenvalue weighted by Crippen LogP contribution is -2.47. The van der Waals surface area contributed by atoms with E-state index < -0.39 is 12.4 Å². The minimum Gasteiger partial charge on any atom is -0.481 e. The van der Waals surface area contributed by atoms with Gasteiger partial charge >= 0.3 is 12.4 Å². The first kappa shape index (κ1) is 23.6. The van der Waals surface area contributed by atoms with Gasteiger partial charge in [0.1, 0.15) is 0 Å². The summed E-state index contributed by atoms with van der Waals surface area (Å²) in [7, 11) is 0. The van der Waals surface area contributed by atoms with Crippen LogP contribution in [0.25, 0.3) is 0 Å². The molecule has 184 valence electrons. The zero-order valence-electron chi connectivity index (χ0n) is 18.7. The minimum atomic E-state index is -0.930. The average molecular weight is 476 g/mol. The third kappa shape index (κ3) is 6.28. The highest BCUT2D eigenvalue weighted by Crippen LogP contribution is 2.35. The molecule has 0 aromatic heterocycles. The van der Waals surface area contributed by atoms with Crippen molar-refractivity contribution in [3.63, 3.8) is 0 Å². The topological polar surface area (TPSA) is 151 Å². The molecule has 3 aliphatic rings.